The zero-order chi connectivity index (χ0) is 16.4. The van der Waals surface area contributed by atoms with Crippen molar-refractivity contribution >= 4 is 55.2 Å². The van der Waals surface area contributed by atoms with E-state index >= 15 is 0 Å². The summed E-state index contributed by atoms with van der Waals surface area (Å²) in [5.41, 5.74) is 1.09. The Morgan fingerprint density at radius 1 is 1.13 bits per heavy atom. The number of halogens is 2. The highest BCUT2D eigenvalue weighted by Gasteiger charge is 2.20. The van der Waals surface area contributed by atoms with Crippen molar-refractivity contribution < 1.29 is 12.6 Å². The van der Waals surface area contributed by atoms with Gasteiger partial charge in [-0.05, 0) is 46.4 Å². The van der Waals surface area contributed by atoms with Gasteiger partial charge in [-0.15, -0.1) is 0 Å². The van der Waals surface area contributed by atoms with Crippen molar-refractivity contribution in [1.29, 1.82) is 0 Å². The highest BCUT2D eigenvalue weighted by Crippen LogP contribution is 2.35. The number of benzene rings is 2. The van der Waals surface area contributed by atoms with Crippen molar-refractivity contribution in [2.24, 2.45) is 0 Å². The predicted octanol–water partition coefficient (Wildman–Crippen LogP) is 4.40. The Morgan fingerprint density at radius 2 is 1.87 bits per heavy atom. The lowest BCUT2D eigenvalue weighted by Gasteiger charge is -2.12. The zero-order valence-electron chi connectivity index (χ0n) is 11.7. The van der Waals surface area contributed by atoms with Gasteiger partial charge in [0.25, 0.3) is 0 Å². The van der Waals surface area contributed by atoms with Crippen LogP contribution in [0.5, 0.6) is 5.75 Å². The van der Waals surface area contributed by atoms with Gasteiger partial charge in [0, 0.05) is 11.6 Å². The summed E-state index contributed by atoms with van der Waals surface area (Å²) in [5.74, 6) is 0.00228. The van der Waals surface area contributed by atoms with Gasteiger partial charge in [0.2, 0.25) is 0 Å². The van der Waals surface area contributed by atoms with Crippen LogP contribution in [-0.2, 0) is 15.9 Å². The minimum absolute atomic E-state index is 0.207. The second-order valence-electron chi connectivity index (χ2n) is 4.84. The van der Waals surface area contributed by atoms with Crippen LogP contribution in [0.4, 0.5) is 0 Å². The Bertz CT molecular complexity index is 962. The lowest BCUT2D eigenvalue weighted by Crippen LogP contribution is -2.13. The van der Waals surface area contributed by atoms with Gasteiger partial charge < -0.3 is 4.18 Å². The molecule has 0 aliphatic rings. The third-order valence-corrected chi connectivity index (χ3v) is 5.37. The highest BCUT2D eigenvalue weighted by atomic mass is 127. The van der Waals surface area contributed by atoms with E-state index in [4.69, 9.17) is 15.8 Å². The van der Waals surface area contributed by atoms with Gasteiger partial charge in [-0.25, -0.2) is 0 Å². The SMILES string of the molecule is O=S(=O)(Cc1ccccc1)Oc1c(I)cc(Cl)c2cccnc12. The quantitative estimate of drug-likeness (QED) is 0.429. The van der Waals surface area contributed by atoms with Crippen LogP contribution >= 0.6 is 34.2 Å². The van der Waals surface area contributed by atoms with Crippen LogP contribution in [0.3, 0.4) is 0 Å². The second kappa shape index (κ2) is 6.62. The molecule has 0 bridgehead atoms. The van der Waals surface area contributed by atoms with Crippen molar-refractivity contribution in [2.75, 3.05) is 0 Å². The van der Waals surface area contributed by atoms with Gasteiger partial charge in [0.1, 0.15) is 11.3 Å². The van der Waals surface area contributed by atoms with E-state index in [0.29, 0.717) is 25.1 Å². The number of aromatic nitrogens is 1. The molecule has 0 atom stereocenters. The first-order valence-corrected chi connectivity index (χ1v) is 9.68. The summed E-state index contributed by atoms with van der Waals surface area (Å²) in [5, 5.41) is 1.16. The van der Waals surface area contributed by atoms with E-state index in [1.54, 1.807) is 48.7 Å². The fourth-order valence-corrected chi connectivity index (χ4v) is 4.52. The second-order valence-corrected chi connectivity index (χ2v) is 7.98. The van der Waals surface area contributed by atoms with Crippen LogP contribution < -0.4 is 4.18 Å². The molecular formula is C16H11ClINO3S. The maximum atomic E-state index is 12.4. The van der Waals surface area contributed by atoms with Crippen molar-refractivity contribution in [3.63, 3.8) is 0 Å². The van der Waals surface area contributed by atoms with E-state index in [0.717, 1.165) is 0 Å². The number of pyridine rings is 1. The molecule has 3 rings (SSSR count). The molecule has 118 valence electrons. The average Bonchev–Trinajstić information content (AvgIpc) is 2.52. The molecule has 23 heavy (non-hydrogen) atoms. The molecular weight excluding hydrogens is 449 g/mol. The lowest BCUT2D eigenvalue weighted by atomic mass is 10.2. The molecule has 1 aromatic heterocycles. The number of fused-ring (bicyclic) bond motifs is 1. The first kappa shape index (κ1) is 16.5. The molecule has 0 fully saturated rings. The first-order valence-electron chi connectivity index (χ1n) is 6.65. The Morgan fingerprint density at radius 3 is 2.61 bits per heavy atom. The Kier molecular flexibility index (Phi) is 4.74. The van der Waals surface area contributed by atoms with Gasteiger partial charge in [-0.2, -0.15) is 8.42 Å². The van der Waals surface area contributed by atoms with Crippen LogP contribution in [0.2, 0.25) is 5.02 Å². The maximum Gasteiger partial charge on any atom is 0.313 e. The van der Waals surface area contributed by atoms with Gasteiger partial charge in [0.15, 0.2) is 5.75 Å². The molecule has 7 heteroatoms. The van der Waals surface area contributed by atoms with Crippen LogP contribution in [0, 0.1) is 3.57 Å². The Hall–Kier alpha value is -1.38. The van der Waals surface area contributed by atoms with Gasteiger partial charge in [0.05, 0.1) is 8.59 Å². The van der Waals surface area contributed by atoms with Crippen molar-refractivity contribution in [3.8, 4) is 5.75 Å². The van der Waals surface area contributed by atoms with Crippen LogP contribution in [-0.4, -0.2) is 13.4 Å². The Balaban J connectivity index is 2.01. The van der Waals surface area contributed by atoms with E-state index in [9.17, 15) is 8.42 Å². The molecule has 0 N–H and O–H groups in total. The van der Waals surface area contributed by atoms with Crippen molar-refractivity contribution in [1.82, 2.24) is 4.98 Å². The molecule has 0 unspecified atom stereocenters. The summed E-state index contributed by atoms with van der Waals surface area (Å²) in [6, 6.07) is 14.1. The third-order valence-electron chi connectivity index (χ3n) is 3.15. The predicted molar refractivity (Wildman–Crippen MR) is 99.2 cm³/mol. The van der Waals surface area contributed by atoms with Crippen LogP contribution in [0.1, 0.15) is 5.56 Å². The monoisotopic (exact) mass is 459 g/mol. The topological polar surface area (TPSA) is 56.3 Å². The summed E-state index contributed by atoms with van der Waals surface area (Å²) in [6.45, 7) is 0. The van der Waals surface area contributed by atoms with Crippen molar-refractivity contribution in [2.45, 2.75) is 5.75 Å². The van der Waals surface area contributed by atoms with E-state index in [1.165, 1.54) is 0 Å². The molecule has 0 aliphatic carbocycles. The molecule has 0 radical (unpaired) electrons. The fourth-order valence-electron chi connectivity index (χ4n) is 2.16. The largest absolute Gasteiger partial charge is 0.379 e. The standard InChI is InChI=1S/C16H11ClINO3S/c17-13-9-14(18)16(15-12(13)7-4-8-19-15)22-23(20,21)10-11-5-2-1-3-6-11/h1-9H,10H2. The highest BCUT2D eigenvalue weighted by molar-refractivity contribution is 14.1. The summed E-state index contributed by atoms with van der Waals surface area (Å²) in [7, 11) is -3.80. The van der Waals surface area contributed by atoms with E-state index in [1.807, 2.05) is 28.7 Å². The fraction of sp³-hybridized carbons (Fsp3) is 0.0625. The van der Waals surface area contributed by atoms with Gasteiger partial charge in [-0.3, -0.25) is 4.98 Å². The van der Waals surface area contributed by atoms with E-state index in [-0.39, 0.29) is 11.5 Å². The minimum Gasteiger partial charge on any atom is -0.379 e. The number of rotatable bonds is 4. The molecule has 0 saturated carbocycles. The smallest absolute Gasteiger partial charge is 0.313 e. The lowest BCUT2D eigenvalue weighted by molar-refractivity contribution is 0.485. The summed E-state index contributed by atoms with van der Waals surface area (Å²) in [6.07, 6.45) is 1.57. The molecule has 0 saturated heterocycles. The Labute approximate surface area is 152 Å². The molecule has 0 aliphatic heterocycles. The number of hydrogen-bond acceptors (Lipinski definition) is 4. The molecule has 4 nitrogen and oxygen atoms in total. The third kappa shape index (κ3) is 3.76. The number of hydrogen-bond donors (Lipinski definition) is 0. The van der Waals surface area contributed by atoms with Crippen molar-refractivity contribution in [3.05, 3.63) is 68.9 Å². The van der Waals surface area contributed by atoms with Crippen LogP contribution in [0.15, 0.2) is 54.7 Å². The van der Waals surface area contributed by atoms with Crippen LogP contribution in [0.25, 0.3) is 10.9 Å². The molecule has 3 aromatic rings. The molecule has 0 amide bonds. The first-order chi connectivity index (χ1) is 11.0. The summed E-state index contributed by atoms with van der Waals surface area (Å²) < 4.78 is 30.7. The summed E-state index contributed by atoms with van der Waals surface area (Å²) >= 11 is 8.18. The van der Waals surface area contributed by atoms with E-state index < -0.39 is 10.1 Å². The molecule has 0 spiro atoms. The number of nitrogens with zero attached hydrogens (tertiary/aromatic N) is 1. The zero-order valence-corrected chi connectivity index (χ0v) is 15.5. The van der Waals surface area contributed by atoms with Gasteiger partial charge in [-0.1, -0.05) is 41.9 Å². The average molecular weight is 460 g/mol. The van der Waals surface area contributed by atoms with Gasteiger partial charge >= 0.3 is 10.1 Å². The molecule has 2 aromatic carbocycles. The summed E-state index contributed by atoms with van der Waals surface area (Å²) in [4.78, 5) is 4.22. The molecule has 1 heterocycles. The van der Waals surface area contributed by atoms with E-state index in [2.05, 4.69) is 4.98 Å². The normalized spacial score (nSPS) is 11.6. The maximum absolute atomic E-state index is 12.4. The minimum atomic E-state index is -3.80.